The largest absolute Gasteiger partial charge is 0.447 e. The van der Waals surface area contributed by atoms with E-state index < -0.39 is 0 Å². The fourth-order valence-corrected chi connectivity index (χ4v) is 1.95. The number of thiophene rings is 1. The molecule has 1 aromatic heterocycles. The third-order valence-corrected chi connectivity index (χ3v) is 3.02. The Balaban J connectivity index is 2.14. The van der Waals surface area contributed by atoms with Gasteiger partial charge in [0.25, 0.3) is 0 Å². The fraction of sp³-hybridized carbons (Fsp3) is 0.0833. The zero-order valence-corrected chi connectivity index (χ0v) is 9.38. The van der Waals surface area contributed by atoms with Crippen LogP contribution in [0.25, 0.3) is 0 Å². The molecule has 82 valence electrons. The van der Waals surface area contributed by atoms with Gasteiger partial charge in [0.1, 0.15) is 11.6 Å². The normalized spacial score (nSPS) is 10.1. The van der Waals surface area contributed by atoms with E-state index in [0.29, 0.717) is 15.7 Å². The van der Waals surface area contributed by atoms with Crippen LogP contribution in [0.2, 0.25) is 0 Å². The molecule has 0 saturated heterocycles. The van der Waals surface area contributed by atoms with Gasteiger partial charge in [-0.1, -0.05) is 11.3 Å². The van der Waals surface area contributed by atoms with Gasteiger partial charge in [0.15, 0.2) is 10.8 Å². The third kappa shape index (κ3) is 2.46. The van der Waals surface area contributed by atoms with Crippen molar-refractivity contribution in [1.82, 2.24) is 0 Å². The van der Waals surface area contributed by atoms with Gasteiger partial charge in [-0.15, -0.1) is 0 Å². The monoisotopic (exact) mass is 236 g/mol. The van der Waals surface area contributed by atoms with E-state index in [9.17, 15) is 9.18 Å². The number of Topliss-reactive ketones (excluding diaryl/α,β-unsaturated/α-hetero) is 1. The van der Waals surface area contributed by atoms with Crippen LogP contribution in [0.3, 0.4) is 0 Å². The predicted molar refractivity (Wildman–Crippen MR) is 60.8 cm³/mol. The lowest BCUT2D eigenvalue weighted by Gasteiger charge is -2.01. The van der Waals surface area contributed by atoms with Gasteiger partial charge in [-0.2, -0.15) is 0 Å². The molecule has 2 nitrogen and oxygen atoms in total. The van der Waals surface area contributed by atoms with Crippen LogP contribution in [0.15, 0.2) is 36.4 Å². The van der Waals surface area contributed by atoms with Crippen LogP contribution in [0.1, 0.15) is 16.6 Å². The van der Waals surface area contributed by atoms with Crippen molar-refractivity contribution in [2.75, 3.05) is 0 Å². The number of ketones is 1. The van der Waals surface area contributed by atoms with Gasteiger partial charge >= 0.3 is 0 Å². The summed E-state index contributed by atoms with van der Waals surface area (Å²) in [5.41, 5.74) is 0. The summed E-state index contributed by atoms with van der Waals surface area (Å²) in [5.74, 6) is 0.264. The molecule has 0 unspecified atom stereocenters. The Hall–Kier alpha value is -1.68. The Kier molecular flexibility index (Phi) is 3.01. The maximum atomic E-state index is 12.6. The maximum Gasteiger partial charge on any atom is 0.181 e. The molecule has 0 fully saturated rings. The van der Waals surface area contributed by atoms with Gasteiger partial charge in [-0.05, 0) is 43.3 Å². The Morgan fingerprint density at radius 3 is 2.44 bits per heavy atom. The molecule has 0 aliphatic rings. The number of carbonyl (C=O) groups excluding carboxylic acids is 1. The van der Waals surface area contributed by atoms with E-state index in [2.05, 4.69) is 0 Å². The predicted octanol–water partition coefficient (Wildman–Crippen LogP) is 3.88. The van der Waals surface area contributed by atoms with Crippen molar-refractivity contribution in [2.24, 2.45) is 0 Å². The number of benzene rings is 1. The Morgan fingerprint density at radius 1 is 1.19 bits per heavy atom. The number of ether oxygens (including phenoxy) is 1. The highest BCUT2D eigenvalue weighted by atomic mass is 32.1. The fourth-order valence-electron chi connectivity index (χ4n) is 1.18. The molecule has 2 aromatic rings. The minimum Gasteiger partial charge on any atom is -0.447 e. The molecule has 0 saturated carbocycles. The summed E-state index contributed by atoms with van der Waals surface area (Å²) in [6.45, 7) is 1.51. The van der Waals surface area contributed by atoms with Gasteiger partial charge in [0.05, 0.1) is 4.88 Å². The van der Waals surface area contributed by atoms with E-state index >= 15 is 0 Å². The molecule has 4 heteroatoms. The lowest BCUT2D eigenvalue weighted by atomic mass is 10.3. The summed E-state index contributed by atoms with van der Waals surface area (Å²) < 4.78 is 18.1. The quantitative estimate of drug-likeness (QED) is 0.756. The van der Waals surface area contributed by atoms with E-state index in [4.69, 9.17) is 4.74 Å². The molecule has 0 aliphatic heterocycles. The van der Waals surface area contributed by atoms with Crippen LogP contribution >= 0.6 is 11.3 Å². The highest BCUT2D eigenvalue weighted by molar-refractivity contribution is 7.15. The molecule has 0 spiro atoms. The molecule has 0 bridgehead atoms. The van der Waals surface area contributed by atoms with E-state index in [1.807, 2.05) is 0 Å². The second-order valence-corrected chi connectivity index (χ2v) is 4.28. The van der Waals surface area contributed by atoms with Crippen LogP contribution in [0.4, 0.5) is 4.39 Å². The molecule has 1 heterocycles. The minimum absolute atomic E-state index is 0.0129. The molecule has 2 rings (SSSR count). The van der Waals surface area contributed by atoms with Crippen molar-refractivity contribution in [2.45, 2.75) is 6.92 Å². The average Bonchev–Trinajstić information content (AvgIpc) is 2.70. The Morgan fingerprint density at radius 2 is 1.88 bits per heavy atom. The zero-order valence-electron chi connectivity index (χ0n) is 8.57. The summed E-state index contributed by atoms with van der Waals surface area (Å²) in [6, 6.07) is 9.19. The van der Waals surface area contributed by atoms with E-state index in [-0.39, 0.29) is 11.6 Å². The van der Waals surface area contributed by atoms with Crippen molar-refractivity contribution < 1.29 is 13.9 Å². The zero-order chi connectivity index (χ0) is 11.5. The Labute approximate surface area is 96.3 Å². The van der Waals surface area contributed by atoms with Crippen molar-refractivity contribution >= 4 is 17.1 Å². The van der Waals surface area contributed by atoms with Gasteiger partial charge in [-0.25, -0.2) is 4.39 Å². The first kappa shape index (κ1) is 10.8. The molecular formula is C12H9FO2S. The summed E-state index contributed by atoms with van der Waals surface area (Å²) in [7, 11) is 0. The number of rotatable bonds is 3. The van der Waals surface area contributed by atoms with Gasteiger partial charge in [0.2, 0.25) is 0 Å². The topological polar surface area (TPSA) is 26.3 Å². The van der Waals surface area contributed by atoms with Crippen molar-refractivity contribution in [3.05, 3.63) is 47.1 Å². The van der Waals surface area contributed by atoms with Crippen molar-refractivity contribution in [3.8, 4) is 10.8 Å². The summed E-state index contributed by atoms with van der Waals surface area (Å²) in [6.07, 6.45) is 0. The lowest BCUT2D eigenvalue weighted by Crippen LogP contribution is -1.83. The smallest absolute Gasteiger partial charge is 0.181 e. The number of hydrogen-bond acceptors (Lipinski definition) is 3. The van der Waals surface area contributed by atoms with Crippen LogP contribution < -0.4 is 4.74 Å². The summed E-state index contributed by atoms with van der Waals surface area (Å²) in [4.78, 5) is 11.7. The molecule has 0 amide bonds. The molecule has 0 N–H and O–H groups in total. The van der Waals surface area contributed by atoms with E-state index in [1.54, 1.807) is 24.3 Å². The summed E-state index contributed by atoms with van der Waals surface area (Å²) in [5, 5.41) is 0.622. The molecule has 0 aliphatic carbocycles. The molecular weight excluding hydrogens is 227 g/mol. The first-order valence-corrected chi connectivity index (χ1v) is 5.51. The van der Waals surface area contributed by atoms with Crippen LogP contribution in [0, 0.1) is 5.82 Å². The number of carbonyl (C=O) groups is 1. The van der Waals surface area contributed by atoms with E-state index in [0.717, 1.165) is 0 Å². The highest BCUT2D eigenvalue weighted by Gasteiger charge is 2.05. The van der Waals surface area contributed by atoms with Crippen LogP contribution in [-0.4, -0.2) is 5.78 Å². The Bertz CT molecular complexity index is 502. The second-order valence-electron chi connectivity index (χ2n) is 3.23. The molecule has 0 atom stereocenters. The average molecular weight is 236 g/mol. The van der Waals surface area contributed by atoms with Gasteiger partial charge < -0.3 is 4.74 Å². The SMILES string of the molecule is CC(=O)c1ccc(Oc2ccc(F)cc2)s1. The minimum atomic E-state index is -0.303. The van der Waals surface area contributed by atoms with Crippen molar-refractivity contribution in [3.63, 3.8) is 0 Å². The summed E-state index contributed by atoms with van der Waals surface area (Å²) >= 11 is 1.27. The first-order chi connectivity index (χ1) is 7.65. The second kappa shape index (κ2) is 4.45. The molecule has 1 aromatic carbocycles. The lowest BCUT2D eigenvalue weighted by molar-refractivity contribution is 0.102. The number of halogens is 1. The van der Waals surface area contributed by atoms with Crippen LogP contribution in [0.5, 0.6) is 10.8 Å². The molecule has 0 radical (unpaired) electrons. The standard InChI is InChI=1S/C12H9FO2S/c1-8(14)11-6-7-12(16-11)15-10-4-2-9(13)3-5-10/h2-7H,1H3. The van der Waals surface area contributed by atoms with Gasteiger partial charge in [-0.3, -0.25) is 4.79 Å². The highest BCUT2D eigenvalue weighted by Crippen LogP contribution is 2.29. The van der Waals surface area contributed by atoms with E-state index in [1.165, 1.54) is 30.4 Å². The van der Waals surface area contributed by atoms with Crippen LogP contribution in [-0.2, 0) is 0 Å². The maximum absolute atomic E-state index is 12.6. The molecule has 16 heavy (non-hydrogen) atoms. The first-order valence-electron chi connectivity index (χ1n) is 4.69. The third-order valence-electron chi connectivity index (χ3n) is 1.96. The number of hydrogen-bond donors (Lipinski definition) is 0. The van der Waals surface area contributed by atoms with Gasteiger partial charge in [0, 0.05) is 0 Å². The van der Waals surface area contributed by atoms with Crippen molar-refractivity contribution in [1.29, 1.82) is 0 Å².